The van der Waals surface area contributed by atoms with Crippen LogP contribution < -0.4 is 5.73 Å². The largest absolute Gasteiger partial charge is 0.465 e. The third-order valence-electron chi connectivity index (χ3n) is 2.73. The summed E-state index contributed by atoms with van der Waals surface area (Å²) >= 11 is 0. The summed E-state index contributed by atoms with van der Waals surface area (Å²) in [6.45, 7) is 2.27. The normalized spacial score (nSPS) is 10.3. The van der Waals surface area contributed by atoms with Crippen LogP contribution in [-0.2, 0) is 11.3 Å². The van der Waals surface area contributed by atoms with Crippen LogP contribution in [0.3, 0.4) is 0 Å². The predicted octanol–water partition coefficient (Wildman–Crippen LogP) is 1.61. The molecule has 1 aromatic carbocycles. The lowest BCUT2D eigenvalue weighted by molar-refractivity contribution is 0.0601. The second-order valence-corrected chi connectivity index (χ2v) is 3.98. The average Bonchev–Trinajstić information content (AvgIpc) is 2.65. The summed E-state index contributed by atoms with van der Waals surface area (Å²) in [6, 6.07) is 9.80. The number of esters is 1. The molecule has 2 N–H and O–H groups in total. The molecule has 0 saturated heterocycles. The van der Waals surface area contributed by atoms with E-state index in [2.05, 4.69) is 9.84 Å². The third kappa shape index (κ3) is 2.20. The molecule has 0 aliphatic heterocycles. The van der Waals surface area contributed by atoms with Crippen LogP contribution in [0.25, 0.3) is 0 Å². The molecule has 5 nitrogen and oxygen atoms in total. The molecule has 94 valence electrons. The van der Waals surface area contributed by atoms with Gasteiger partial charge in [-0.1, -0.05) is 30.3 Å². The molecule has 0 atom stereocenters. The first-order valence-electron chi connectivity index (χ1n) is 5.58. The second-order valence-electron chi connectivity index (χ2n) is 3.98. The minimum absolute atomic E-state index is 0.336. The van der Waals surface area contributed by atoms with E-state index in [-0.39, 0.29) is 0 Å². The quantitative estimate of drug-likeness (QED) is 0.834. The van der Waals surface area contributed by atoms with Gasteiger partial charge in [0.1, 0.15) is 11.4 Å². The van der Waals surface area contributed by atoms with Crippen molar-refractivity contribution in [2.24, 2.45) is 0 Å². The molecule has 18 heavy (non-hydrogen) atoms. The molecular weight excluding hydrogens is 230 g/mol. The number of hydrogen-bond donors (Lipinski definition) is 1. The van der Waals surface area contributed by atoms with Crippen molar-refractivity contribution in [2.45, 2.75) is 13.5 Å². The smallest absolute Gasteiger partial charge is 0.343 e. The summed E-state index contributed by atoms with van der Waals surface area (Å²) < 4.78 is 6.30. The monoisotopic (exact) mass is 245 g/mol. The van der Waals surface area contributed by atoms with Gasteiger partial charge in [0.15, 0.2) is 0 Å². The van der Waals surface area contributed by atoms with E-state index in [0.29, 0.717) is 23.6 Å². The summed E-state index contributed by atoms with van der Waals surface area (Å²) in [4.78, 5) is 11.6. The van der Waals surface area contributed by atoms with Gasteiger partial charge in [-0.05, 0) is 12.5 Å². The van der Waals surface area contributed by atoms with E-state index in [4.69, 9.17) is 5.73 Å². The summed E-state index contributed by atoms with van der Waals surface area (Å²) in [7, 11) is 1.33. The number of aryl methyl sites for hydroxylation is 1. The zero-order valence-corrected chi connectivity index (χ0v) is 10.4. The first-order valence-corrected chi connectivity index (χ1v) is 5.58. The Morgan fingerprint density at radius 2 is 2.06 bits per heavy atom. The number of benzene rings is 1. The van der Waals surface area contributed by atoms with Crippen LogP contribution in [0, 0.1) is 6.92 Å². The Kier molecular flexibility index (Phi) is 3.32. The van der Waals surface area contributed by atoms with Crippen LogP contribution in [0.15, 0.2) is 30.3 Å². The fourth-order valence-corrected chi connectivity index (χ4v) is 1.83. The minimum atomic E-state index is -0.454. The number of methoxy groups -OCH3 is 1. The molecule has 0 unspecified atom stereocenters. The number of ether oxygens (including phenoxy) is 1. The maximum absolute atomic E-state index is 11.6. The van der Waals surface area contributed by atoms with E-state index in [0.717, 1.165) is 5.56 Å². The van der Waals surface area contributed by atoms with E-state index >= 15 is 0 Å². The zero-order chi connectivity index (χ0) is 13.1. The van der Waals surface area contributed by atoms with Gasteiger partial charge in [-0.3, -0.25) is 0 Å². The van der Waals surface area contributed by atoms with Crippen LogP contribution in [-0.4, -0.2) is 22.9 Å². The zero-order valence-electron chi connectivity index (χ0n) is 10.4. The number of rotatable bonds is 3. The number of nitrogens with zero attached hydrogens (tertiary/aromatic N) is 2. The highest BCUT2D eigenvalue weighted by Gasteiger charge is 2.19. The number of nitrogens with two attached hydrogens (primary N) is 1. The van der Waals surface area contributed by atoms with Crippen molar-refractivity contribution < 1.29 is 9.53 Å². The van der Waals surface area contributed by atoms with Gasteiger partial charge in [0.25, 0.3) is 0 Å². The number of carbonyl (C=O) groups is 1. The molecule has 2 aromatic rings. The molecule has 0 saturated carbocycles. The molecule has 5 heteroatoms. The first-order chi connectivity index (χ1) is 8.63. The molecule has 0 radical (unpaired) electrons. The van der Waals surface area contributed by atoms with Gasteiger partial charge in [0, 0.05) is 0 Å². The van der Waals surface area contributed by atoms with E-state index in [1.807, 2.05) is 30.3 Å². The minimum Gasteiger partial charge on any atom is -0.465 e. The Bertz CT molecular complexity index is 561. The van der Waals surface area contributed by atoms with Crippen molar-refractivity contribution in [2.75, 3.05) is 12.8 Å². The van der Waals surface area contributed by atoms with Crippen molar-refractivity contribution in [3.05, 3.63) is 47.2 Å². The van der Waals surface area contributed by atoms with Crippen LogP contribution >= 0.6 is 0 Å². The fraction of sp³-hybridized carbons (Fsp3) is 0.231. The Labute approximate surface area is 105 Å². The van der Waals surface area contributed by atoms with E-state index in [9.17, 15) is 4.79 Å². The van der Waals surface area contributed by atoms with Crippen LogP contribution in [0.2, 0.25) is 0 Å². The Hall–Kier alpha value is -2.30. The highest BCUT2D eigenvalue weighted by Crippen LogP contribution is 2.18. The van der Waals surface area contributed by atoms with Gasteiger partial charge in [-0.2, -0.15) is 5.10 Å². The van der Waals surface area contributed by atoms with Crippen LogP contribution in [0.1, 0.15) is 21.6 Å². The van der Waals surface area contributed by atoms with E-state index < -0.39 is 5.97 Å². The summed E-state index contributed by atoms with van der Waals surface area (Å²) in [6.07, 6.45) is 0. The molecule has 0 amide bonds. The molecule has 0 aliphatic carbocycles. The van der Waals surface area contributed by atoms with Gasteiger partial charge < -0.3 is 10.5 Å². The molecule has 0 fully saturated rings. The SMILES string of the molecule is COC(=O)c1c(C)nn(Cc2ccccc2)c1N. The molecule has 2 rings (SSSR count). The number of anilines is 1. The number of aromatic nitrogens is 2. The van der Waals surface area contributed by atoms with Crippen molar-refractivity contribution >= 4 is 11.8 Å². The first kappa shape index (κ1) is 12.2. The summed E-state index contributed by atoms with van der Waals surface area (Å²) in [5, 5.41) is 4.27. The number of carbonyl (C=O) groups excluding carboxylic acids is 1. The van der Waals surface area contributed by atoms with Crippen LogP contribution in [0.5, 0.6) is 0 Å². The molecule has 1 aromatic heterocycles. The maximum Gasteiger partial charge on any atom is 0.343 e. The van der Waals surface area contributed by atoms with Crippen molar-refractivity contribution in [3.63, 3.8) is 0 Å². The molecular formula is C13H15N3O2. The molecule has 1 heterocycles. The average molecular weight is 245 g/mol. The Morgan fingerprint density at radius 1 is 1.39 bits per heavy atom. The number of hydrogen-bond acceptors (Lipinski definition) is 4. The van der Waals surface area contributed by atoms with Crippen LogP contribution in [0.4, 0.5) is 5.82 Å². The highest BCUT2D eigenvalue weighted by atomic mass is 16.5. The van der Waals surface area contributed by atoms with Crippen molar-refractivity contribution in [3.8, 4) is 0 Å². The summed E-state index contributed by atoms with van der Waals surface area (Å²) in [5.74, 6) is -0.118. The van der Waals surface area contributed by atoms with Gasteiger partial charge in [-0.25, -0.2) is 9.48 Å². The fourth-order valence-electron chi connectivity index (χ4n) is 1.83. The maximum atomic E-state index is 11.6. The Morgan fingerprint density at radius 3 is 2.67 bits per heavy atom. The van der Waals surface area contributed by atoms with E-state index in [1.165, 1.54) is 7.11 Å². The van der Waals surface area contributed by atoms with E-state index in [1.54, 1.807) is 11.6 Å². The van der Waals surface area contributed by atoms with Gasteiger partial charge in [0.05, 0.1) is 19.3 Å². The molecule has 0 aliphatic rings. The van der Waals surface area contributed by atoms with Crippen molar-refractivity contribution in [1.82, 2.24) is 9.78 Å². The highest BCUT2D eigenvalue weighted by molar-refractivity contribution is 5.95. The summed E-state index contributed by atoms with van der Waals surface area (Å²) in [5.41, 5.74) is 7.92. The lowest BCUT2D eigenvalue weighted by atomic mass is 10.2. The number of nitrogen functional groups attached to an aromatic ring is 1. The van der Waals surface area contributed by atoms with Gasteiger partial charge in [-0.15, -0.1) is 0 Å². The standard InChI is InChI=1S/C13H15N3O2/c1-9-11(13(17)18-2)12(14)16(15-9)8-10-6-4-3-5-7-10/h3-7H,8,14H2,1-2H3. The second kappa shape index (κ2) is 4.91. The lowest BCUT2D eigenvalue weighted by Gasteiger charge is -2.04. The Balaban J connectivity index is 2.33. The topological polar surface area (TPSA) is 70.1 Å². The van der Waals surface area contributed by atoms with Gasteiger partial charge >= 0.3 is 5.97 Å². The molecule has 0 bridgehead atoms. The predicted molar refractivity (Wildman–Crippen MR) is 68.3 cm³/mol. The third-order valence-corrected chi connectivity index (χ3v) is 2.73. The van der Waals surface area contributed by atoms with Gasteiger partial charge in [0.2, 0.25) is 0 Å². The lowest BCUT2D eigenvalue weighted by Crippen LogP contribution is -2.09. The van der Waals surface area contributed by atoms with Crippen molar-refractivity contribution in [1.29, 1.82) is 0 Å². The molecule has 0 spiro atoms.